The molecule has 4 fully saturated rings. The second kappa shape index (κ2) is 9.41. The van der Waals surface area contributed by atoms with Gasteiger partial charge in [-0.1, -0.05) is 12.1 Å². The van der Waals surface area contributed by atoms with Crippen LogP contribution in [0.4, 0.5) is 11.5 Å². The van der Waals surface area contributed by atoms with E-state index in [-0.39, 0.29) is 5.03 Å². The molecule has 0 unspecified atom stereocenters. The largest absolute Gasteiger partial charge is 0.475 e. The van der Waals surface area contributed by atoms with E-state index in [1.807, 2.05) is 17.9 Å². The van der Waals surface area contributed by atoms with E-state index in [0.29, 0.717) is 49.3 Å². The third kappa shape index (κ3) is 5.08. The first-order chi connectivity index (χ1) is 18.2. The summed E-state index contributed by atoms with van der Waals surface area (Å²) in [6, 6.07) is 10.7. The maximum atomic E-state index is 13.3. The summed E-state index contributed by atoms with van der Waals surface area (Å²) in [6.07, 6.45) is 7.28. The number of nitrogens with one attached hydrogen (secondary N) is 1. The number of carbonyl (C=O) groups is 1. The molecule has 2 aliphatic carbocycles. The Bertz CT molecular complexity index is 1340. The highest BCUT2D eigenvalue weighted by atomic mass is 32.2. The van der Waals surface area contributed by atoms with Gasteiger partial charge in [0.15, 0.2) is 10.6 Å². The van der Waals surface area contributed by atoms with Crippen molar-refractivity contribution in [3.8, 4) is 5.75 Å². The van der Waals surface area contributed by atoms with Crippen molar-refractivity contribution in [3.63, 3.8) is 0 Å². The molecule has 2 saturated heterocycles. The van der Waals surface area contributed by atoms with Crippen LogP contribution >= 0.6 is 0 Å². The van der Waals surface area contributed by atoms with Crippen LogP contribution in [-0.4, -0.2) is 62.3 Å². The molecular weight excluding hydrogens is 504 g/mol. The first kappa shape index (κ1) is 25.4. The minimum absolute atomic E-state index is 0.227. The summed E-state index contributed by atoms with van der Waals surface area (Å²) >= 11 is 0. The van der Waals surface area contributed by atoms with Crippen LogP contribution in [0, 0.1) is 12.3 Å². The van der Waals surface area contributed by atoms with E-state index in [9.17, 15) is 18.3 Å². The number of ether oxygens (including phenoxy) is 1. The van der Waals surface area contributed by atoms with Gasteiger partial charge in [-0.3, -0.25) is 4.79 Å². The van der Waals surface area contributed by atoms with E-state index in [4.69, 9.17) is 4.74 Å². The molecule has 38 heavy (non-hydrogen) atoms. The van der Waals surface area contributed by atoms with Crippen molar-refractivity contribution in [3.05, 3.63) is 42.0 Å². The van der Waals surface area contributed by atoms with Gasteiger partial charge in [0.2, 0.25) is 0 Å². The maximum absolute atomic E-state index is 13.3. The first-order valence-corrected chi connectivity index (χ1v) is 15.2. The Kier molecular flexibility index (Phi) is 6.30. The summed E-state index contributed by atoms with van der Waals surface area (Å²) in [5, 5.41) is 9.60. The number of pyridine rings is 1. The molecule has 1 aromatic carbocycles. The summed E-state index contributed by atoms with van der Waals surface area (Å²) in [5.74, 6) is 0.431. The van der Waals surface area contributed by atoms with E-state index in [1.165, 1.54) is 31.7 Å². The van der Waals surface area contributed by atoms with Crippen LogP contribution in [-0.2, 0) is 14.8 Å². The van der Waals surface area contributed by atoms with Gasteiger partial charge >= 0.3 is 0 Å². The second-order valence-corrected chi connectivity index (χ2v) is 13.2. The Morgan fingerprint density at radius 1 is 1.05 bits per heavy atom. The summed E-state index contributed by atoms with van der Waals surface area (Å²) < 4.78 is 34.9. The van der Waals surface area contributed by atoms with Crippen LogP contribution in [0.15, 0.2) is 41.4 Å². The number of carbonyl (C=O) groups excluding carboxylic acids is 1. The molecule has 1 amide bonds. The van der Waals surface area contributed by atoms with Gasteiger partial charge in [-0.2, -0.15) is 8.42 Å². The average Bonchev–Trinajstić information content (AvgIpc) is 3.81. The fraction of sp³-hybridized carbons (Fsp3) is 0.571. The number of amides is 1. The van der Waals surface area contributed by atoms with Gasteiger partial charge in [0, 0.05) is 39.0 Å². The summed E-state index contributed by atoms with van der Waals surface area (Å²) in [7, 11) is -4.20. The number of aromatic nitrogens is 1. The summed E-state index contributed by atoms with van der Waals surface area (Å²) in [6.45, 7) is 4.89. The lowest BCUT2D eigenvalue weighted by Gasteiger charge is -2.28. The predicted molar refractivity (Wildman–Crippen MR) is 144 cm³/mol. The standard InChI is InChI=1S/C28H36N4O5S/c1-20-6-7-22(31-15-3-9-27(10-11-27)14-17-31)23(18-20)37-28(12-13-28)26(34)30-38(35,36)25-5-2-4-24(29-25)32-16-8-21(33)19-32/h2,4-7,18,21,33H,3,8-17,19H2,1H3,(H,30,34)/t21-/m0/s1. The molecule has 6 rings (SSSR count). The third-order valence-electron chi connectivity index (χ3n) is 8.58. The van der Waals surface area contributed by atoms with Crippen LogP contribution in [0.1, 0.15) is 56.9 Å². The van der Waals surface area contributed by atoms with Crippen molar-refractivity contribution in [2.45, 2.75) is 75.0 Å². The number of hydrogen-bond donors (Lipinski definition) is 2. The van der Waals surface area contributed by atoms with E-state index in [2.05, 4.69) is 26.7 Å². The molecule has 2 aliphatic heterocycles. The van der Waals surface area contributed by atoms with Crippen molar-refractivity contribution < 1.29 is 23.1 Å². The SMILES string of the molecule is Cc1ccc(N2CCCC3(CC2)CC3)c(OC2(C(=O)NS(=O)(=O)c3cccc(N4CC[C@H](O)C4)n3)CC2)c1. The molecule has 2 N–H and O–H groups in total. The minimum atomic E-state index is -4.20. The first-order valence-electron chi connectivity index (χ1n) is 13.7. The Morgan fingerprint density at radius 2 is 1.87 bits per heavy atom. The minimum Gasteiger partial charge on any atom is -0.475 e. The molecule has 2 aromatic rings. The monoisotopic (exact) mass is 540 g/mol. The van der Waals surface area contributed by atoms with Gasteiger partial charge in [0.05, 0.1) is 11.8 Å². The molecular formula is C28H36N4O5S. The number of hydrogen-bond acceptors (Lipinski definition) is 8. The molecule has 0 bridgehead atoms. The Labute approximate surface area is 224 Å². The number of anilines is 2. The number of aliphatic hydroxyl groups excluding tert-OH is 1. The van der Waals surface area contributed by atoms with E-state index < -0.39 is 27.6 Å². The fourth-order valence-electron chi connectivity index (χ4n) is 5.78. The van der Waals surface area contributed by atoms with Gasteiger partial charge in [-0.15, -0.1) is 0 Å². The average molecular weight is 541 g/mol. The van der Waals surface area contributed by atoms with E-state index in [1.54, 1.807) is 12.1 Å². The van der Waals surface area contributed by atoms with Crippen molar-refractivity contribution >= 4 is 27.4 Å². The highest BCUT2D eigenvalue weighted by Crippen LogP contribution is 2.54. The highest BCUT2D eigenvalue weighted by Gasteiger charge is 2.55. The smallest absolute Gasteiger partial charge is 0.281 e. The molecule has 4 aliphatic rings. The van der Waals surface area contributed by atoms with E-state index in [0.717, 1.165) is 30.8 Å². The lowest BCUT2D eigenvalue weighted by Crippen LogP contribution is -2.43. The molecule has 2 saturated carbocycles. The molecule has 1 atom stereocenters. The normalized spacial score (nSPS) is 23.7. The predicted octanol–water partition coefficient (Wildman–Crippen LogP) is 3.15. The highest BCUT2D eigenvalue weighted by molar-refractivity contribution is 7.90. The second-order valence-electron chi connectivity index (χ2n) is 11.6. The molecule has 10 heteroatoms. The van der Waals surface area contributed by atoms with Crippen molar-refractivity contribution in [1.29, 1.82) is 0 Å². The van der Waals surface area contributed by atoms with Crippen molar-refractivity contribution in [2.75, 3.05) is 36.0 Å². The van der Waals surface area contributed by atoms with Gasteiger partial charge in [-0.05, 0) is 80.7 Å². The maximum Gasteiger partial charge on any atom is 0.281 e. The number of aryl methyl sites for hydroxylation is 1. The molecule has 1 spiro atoms. The quantitative estimate of drug-likeness (QED) is 0.551. The Morgan fingerprint density at radius 3 is 2.58 bits per heavy atom. The Balaban J connectivity index is 1.18. The number of β-amino-alcohol motifs (C(OH)–C–C–N with tert-alkyl or cyclic N) is 1. The van der Waals surface area contributed by atoms with Crippen LogP contribution in [0.5, 0.6) is 5.75 Å². The van der Waals surface area contributed by atoms with Crippen LogP contribution in [0.25, 0.3) is 0 Å². The number of rotatable bonds is 7. The zero-order valence-electron chi connectivity index (χ0n) is 21.9. The molecule has 0 radical (unpaired) electrons. The number of benzene rings is 1. The lowest BCUT2D eigenvalue weighted by atomic mass is 9.98. The van der Waals surface area contributed by atoms with Gasteiger partial charge in [-0.25, -0.2) is 9.71 Å². The zero-order chi connectivity index (χ0) is 26.5. The fourth-order valence-corrected chi connectivity index (χ4v) is 6.79. The molecule has 9 nitrogen and oxygen atoms in total. The molecule has 1 aromatic heterocycles. The van der Waals surface area contributed by atoms with Crippen LogP contribution in [0.3, 0.4) is 0 Å². The van der Waals surface area contributed by atoms with Crippen molar-refractivity contribution in [2.24, 2.45) is 5.41 Å². The van der Waals surface area contributed by atoms with Gasteiger partial charge < -0.3 is 19.6 Å². The van der Waals surface area contributed by atoms with Gasteiger partial charge in [0.25, 0.3) is 15.9 Å². The van der Waals surface area contributed by atoms with Crippen LogP contribution in [0.2, 0.25) is 0 Å². The zero-order valence-corrected chi connectivity index (χ0v) is 22.7. The number of aliphatic hydroxyl groups is 1. The summed E-state index contributed by atoms with van der Waals surface area (Å²) in [4.78, 5) is 21.8. The molecule has 204 valence electrons. The van der Waals surface area contributed by atoms with E-state index >= 15 is 0 Å². The lowest BCUT2D eigenvalue weighted by molar-refractivity contribution is -0.127. The van der Waals surface area contributed by atoms with Crippen LogP contribution < -0.4 is 19.3 Å². The third-order valence-corrected chi connectivity index (χ3v) is 9.81. The number of sulfonamides is 1. The van der Waals surface area contributed by atoms with Crippen molar-refractivity contribution in [1.82, 2.24) is 9.71 Å². The number of nitrogens with zero attached hydrogens (tertiary/aromatic N) is 3. The van der Waals surface area contributed by atoms with Gasteiger partial charge in [0.1, 0.15) is 11.6 Å². The molecule has 3 heterocycles. The summed E-state index contributed by atoms with van der Waals surface area (Å²) in [5.41, 5.74) is 1.31. The Hall–Kier alpha value is -2.85. The topological polar surface area (TPSA) is 112 Å².